The maximum Gasteiger partial charge on any atom is 0.356 e. The third-order valence-electron chi connectivity index (χ3n) is 2.45. The molecule has 0 aliphatic heterocycles. The number of carboxylic acid groups (broad SMARTS) is 1. The Morgan fingerprint density at radius 3 is 2.83 bits per heavy atom. The van der Waals surface area contributed by atoms with Crippen molar-refractivity contribution in [2.45, 2.75) is 13.8 Å². The molecule has 5 nitrogen and oxygen atoms in total. The number of nitrogens with zero attached hydrogens (tertiary/aromatic N) is 3. The van der Waals surface area contributed by atoms with E-state index in [1.807, 2.05) is 11.8 Å². The van der Waals surface area contributed by atoms with Crippen LogP contribution in [0, 0.1) is 17.2 Å². The molecule has 1 rings (SSSR count). The van der Waals surface area contributed by atoms with Gasteiger partial charge in [-0.25, -0.2) is 9.78 Å². The van der Waals surface area contributed by atoms with Crippen molar-refractivity contribution in [3.05, 3.63) is 22.8 Å². The fraction of sp³-hybridized carbons (Fsp3) is 0.417. The van der Waals surface area contributed by atoms with Crippen LogP contribution in [0.25, 0.3) is 0 Å². The normalized spacial score (nSPS) is 11.7. The van der Waals surface area contributed by atoms with Crippen LogP contribution < -0.4 is 4.90 Å². The van der Waals surface area contributed by atoms with Gasteiger partial charge in [0.15, 0.2) is 5.69 Å². The highest BCUT2D eigenvalue weighted by Crippen LogP contribution is 2.20. The molecule has 0 aromatic carbocycles. The van der Waals surface area contributed by atoms with E-state index < -0.39 is 5.97 Å². The third-order valence-corrected chi connectivity index (χ3v) is 2.76. The summed E-state index contributed by atoms with van der Waals surface area (Å²) < 4.78 is 0. The molecule has 0 saturated carbocycles. The molecule has 1 aromatic rings. The number of carbonyl (C=O) groups is 1. The molecule has 18 heavy (non-hydrogen) atoms. The maximum atomic E-state index is 10.9. The predicted octanol–water partition coefficient (Wildman–Crippen LogP) is 2.42. The Bertz CT molecular complexity index is 485. The number of hydrogen-bond acceptors (Lipinski definition) is 4. The summed E-state index contributed by atoms with van der Waals surface area (Å²) in [5, 5.41) is 17.9. The van der Waals surface area contributed by atoms with Gasteiger partial charge in [0.1, 0.15) is 5.82 Å². The number of aromatic nitrogens is 1. The number of aromatic carboxylic acids is 1. The highest BCUT2D eigenvalue weighted by Gasteiger charge is 2.15. The molecule has 1 aromatic heterocycles. The van der Waals surface area contributed by atoms with E-state index in [1.165, 1.54) is 6.07 Å². The minimum absolute atomic E-state index is 0.107. The summed E-state index contributed by atoms with van der Waals surface area (Å²) in [6.07, 6.45) is 0. The van der Waals surface area contributed by atoms with Crippen LogP contribution in [0.5, 0.6) is 0 Å². The van der Waals surface area contributed by atoms with Gasteiger partial charge >= 0.3 is 5.97 Å². The van der Waals surface area contributed by atoms with E-state index in [1.54, 1.807) is 13.0 Å². The van der Waals surface area contributed by atoms with Crippen LogP contribution in [0.3, 0.4) is 0 Å². The van der Waals surface area contributed by atoms with Gasteiger partial charge in [0.25, 0.3) is 0 Å². The Morgan fingerprint density at radius 1 is 1.67 bits per heavy atom. The standard InChI is InChI=1S/C12H14ClN3O2/c1-3-16(7-8(2)6-14)10-5-4-9(13)11(15-10)12(17)18/h4-5,8H,3,7H2,1-2H3,(H,17,18). The fourth-order valence-corrected chi connectivity index (χ4v) is 1.70. The molecule has 6 heteroatoms. The molecule has 0 bridgehead atoms. The van der Waals surface area contributed by atoms with Crippen molar-refractivity contribution < 1.29 is 9.90 Å². The quantitative estimate of drug-likeness (QED) is 0.886. The number of nitriles is 1. The average Bonchev–Trinajstić information content (AvgIpc) is 2.36. The molecule has 0 spiro atoms. The van der Waals surface area contributed by atoms with Crippen LogP contribution in [0.1, 0.15) is 24.3 Å². The summed E-state index contributed by atoms with van der Waals surface area (Å²) in [4.78, 5) is 16.8. The molecular weight excluding hydrogens is 254 g/mol. The molecule has 0 amide bonds. The minimum Gasteiger partial charge on any atom is -0.476 e. The molecule has 1 heterocycles. The molecule has 0 aliphatic carbocycles. The second kappa shape index (κ2) is 6.22. The first-order valence-corrected chi connectivity index (χ1v) is 5.91. The number of hydrogen-bond donors (Lipinski definition) is 1. The zero-order chi connectivity index (χ0) is 13.7. The lowest BCUT2D eigenvalue weighted by Crippen LogP contribution is -2.29. The topological polar surface area (TPSA) is 77.2 Å². The van der Waals surface area contributed by atoms with Crippen molar-refractivity contribution in [1.29, 1.82) is 5.26 Å². The molecule has 0 fully saturated rings. The Balaban J connectivity index is 3.04. The first kappa shape index (κ1) is 14.3. The molecule has 96 valence electrons. The molecule has 1 atom stereocenters. The number of anilines is 1. The summed E-state index contributed by atoms with van der Waals surface area (Å²) in [6, 6.07) is 5.30. The summed E-state index contributed by atoms with van der Waals surface area (Å²) in [5.74, 6) is -0.802. The van der Waals surface area contributed by atoms with Crippen LogP contribution >= 0.6 is 11.6 Å². The summed E-state index contributed by atoms with van der Waals surface area (Å²) in [5.41, 5.74) is -0.169. The van der Waals surface area contributed by atoms with Crippen LogP contribution in [0.15, 0.2) is 12.1 Å². The SMILES string of the molecule is CCN(CC(C)C#N)c1ccc(Cl)c(C(=O)O)n1. The van der Waals surface area contributed by atoms with Crippen LogP contribution in [-0.4, -0.2) is 29.1 Å². The Hall–Kier alpha value is -1.80. The van der Waals surface area contributed by atoms with Gasteiger partial charge in [-0.1, -0.05) is 11.6 Å². The first-order valence-electron chi connectivity index (χ1n) is 5.54. The number of halogens is 1. The van der Waals surface area contributed by atoms with E-state index in [0.29, 0.717) is 18.9 Å². The van der Waals surface area contributed by atoms with E-state index >= 15 is 0 Å². The zero-order valence-corrected chi connectivity index (χ0v) is 11.0. The van der Waals surface area contributed by atoms with Gasteiger partial charge in [0.05, 0.1) is 17.0 Å². The highest BCUT2D eigenvalue weighted by molar-refractivity contribution is 6.33. The van der Waals surface area contributed by atoms with Gasteiger partial charge < -0.3 is 10.0 Å². The van der Waals surface area contributed by atoms with Gasteiger partial charge in [0.2, 0.25) is 0 Å². The lowest BCUT2D eigenvalue weighted by molar-refractivity contribution is 0.0691. The van der Waals surface area contributed by atoms with Crippen LogP contribution in [0.4, 0.5) is 5.82 Å². The van der Waals surface area contributed by atoms with E-state index in [9.17, 15) is 4.79 Å². The predicted molar refractivity (Wildman–Crippen MR) is 68.9 cm³/mol. The van der Waals surface area contributed by atoms with Crippen LogP contribution in [0.2, 0.25) is 5.02 Å². The largest absolute Gasteiger partial charge is 0.476 e. The third kappa shape index (κ3) is 3.34. The second-order valence-electron chi connectivity index (χ2n) is 3.87. The maximum absolute atomic E-state index is 10.9. The van der Waals surface area contributed by atoms with Crippen molar-refractivity contribution in [3.63, 3.8) is 0 Å². The zero-order valence-electron chi connectivity index (χ0n) is 10.2. The van der Waals surface area contributed by atoms with Crippen LogP contribution in [-0.2, 0) is 0 Å². The molecular formula is C12H14ClN3O2. The smallest absolute Gasteiger partial charge is 0.356 e. The molecule has 0 aliphatic rings. The molecule has 1 N–H and O–H groups in total. The van der Waals surface area contributed by atoms with Gasteiger partial charge in [-0.3, -0.25) is 0 Å². The minimum atomic E-state index is -1.16. The summed E-state index contributed by atoms with van der Waals surface area (Å²) in [6.45, 7) is 4.86. The van der Waals surface area contributed by atoms with Gasteiger partial charge in [-0.15, -0.1) is 0 Å². The molecule has 0 radical (unpaired) electrons. The lowest BCUT2D eigenvalue weighted by Gasteiger charge is -2.23. The monoisotopic (exact) mass is 267 g/mol. The van der Waals surface area contributed by atoms with Gasteiger partial charge in [-0.05, 0) is 26.0 Å². The Morgan fingerprint density at radius 2 is 2.33 bits per heavy atom. The van der Waals surface area contributed by atoms with Crippen molar-refractivity contribution in [1.82, 2.24) is 4.98 Å². The summed E-state index contributed by atoms with van der Waals surface area (Å²) >= 11 is 5.76. The number of rotatable bonds is 5. The number of carboxylic acids is 1. The number of pyridine rings is 1. The second-order valence-corrected chi connectivity index (χ2v) is 4.28. The average molecular weight is 268 g/mol. The Kier molecular flexibility index (Phi) is 4.93. The summed E-state index contributed by atoms with van der Waals surface area (Å²) in [7, 11) is 0. The van der Waals surface area contributed by atoms with Gasteiger partial charge in [0, 0.05) is 13.1 Å². The highest BCUT2D eigenvalue weighted by atomic mass is 35.5. The van der Waals surface area contributed by atoms with E-state index in [0.717, 1.165) is 0 Å². The van der Waals surface area contributed by atoms with Crippen molar-refractivity contribution in [2.75, 3.05) is 18.0 Å². The van der Waals surface area contributed by atoms with E-state index in [4.69, 9.17) is 22.0 Å². The van der Waals surface area contributed by atoms with E-state index in [2.05, 4.69) is 11.1 Å². The lowest BCUT2D eigenvalue weighted by atomic mass is 10.2. The Labute approximate surface area is 111 Å². The van der Waals surface area contributed by atoms with Gasteiger partial charge in [-0.2, -0.15) is 5.26 Å². The first-order chi connectivity index (χ1) is 8.49. The van der Waals surface area contributed by atoms with Crippen molar-refractivity contribution in [3.8, 4) is 6.07 Å². The van der Waals surface area contributed by atoms with E-state index in [-0.39, 0.29) is 16.6 Å². The molecule has 1 unspecified atom stereocenters. The molecule has 0 saturated heterocycles. The fourth-order valence-electron chi connectivity index (χ4n) is 1.51. The van der Waals surface area contributed by atoms with Crippen molar-refractivity contribution in [2.24, 2.45) is 5.92 Å². The van der Waals surface area contributed by atoms with Crippen molar-refractivity contribution >= 4 is 23.4 Å².